The van der Waals surface area contributed by atoms with Gasteiger partial charge in [-0.1, -0.05) is 315 Å². The number of aliphatic hydroxyl groups excluding tert-OH is 2. The number of amides is 1. The maximum Gasteiger partial charge on any atom is 0.305 e. The normalized spacial score (nSPS) is 12.6. The van der Waals surface area contributed by atoms with Gasteiger partial charge in [-0.15, -0.1) is 0 Å². The lowest BCUT2D eigenvalue weighted by atomic mass is 10.0. The van der Waals surface area contributed by atoms with Gasteiger partial charge in [-0.3, -0.25) is 9.59 Å². The number of unbranched alkanes of at least 4 members (excludes halogenated alkanes) is 48. The summed E-state index contributed by atoms with van der Waals surface area (Å²) in [6.45, 7) is 4.96. The Morgan fingerprint density at radius 3 is 1.00 bits per heavy atom. The molecule has 0 saturated carbocycles. The monoisotopic (exact) mass is 1000 g/mol. The van der Waals surface area contributed by atoms with Crippen LogP contribution < -0.4 is 5.32 Å². The summed E-state index contributed by atoms with van der Waals surface area (Å²) in [4.78, 5) is 24.5. The molecule has 0 aromatic rings. The minimum absolute atomic E-state index is 0.0121. The van der Waals surface area contributed by atoms with Gasteiger partial charge in [-0.25, -0.2) is 0 Å². The molecule has 0 rings (SSSR count). The van der Waals surface area contributed by atoms with Crippen molar-refractivity contribution in [3.05, 3.63) is 12.2 Å². The van der Waals surface area contributed by atoms with Crippen molar-refractivity contribution >= 4 is 11.9 Å². The average Bonchev–Trinajstić information content (AvgIpc) is 3.37. The second-order valence-electron chi connectivity index (χ2n) is 22.5. The van der Waals surface area contributed by atoms with E-state index < -0.39 is 12.1 Å². The molecule has 422 valence electrons. The fourth-order valence-corrected chi connectivity index (χ4v) is 10.3. The Bertz CT molecular complexity index is 1060. The molecular formula is C65H127NO5. The van der Waals surface area contributed by atoms with Gasteiger partial charge in [0.2, 0.25) is 5.91 Å². The number of hydrogen-bond acceptors (Lipinski definition) is 5. The lowest BCUT2D eigenvalue weighted by Crippen LogP contribution is -2.45. The number of ether oxygens (including phenoxy) is 1. The topological polar surface area (TPSA) is 95.9 Å². The van der Waals surface area contributed by atoms with E-state index in [4.69, 9.17) is 4.74 Å². The van der Waals surface area contributed by atoms with Gasteiger partial charge in [0.25, 0.3) is 0 Å². The standard InChI is InChI=1S/C65H127NO5/c1-3-5-7-9-11-13-15-16-32-36-39-43-47-51-55-59-65(70)71-60-56-52-48-44-40-37-34-31-29-27-25-23-21-19-17-18-20-22-24-26-28-30-33-35-38-42-46-50-54-58-64(69)66-62(61-67)63(68)57-53-49-45-41-14-12-10-8-6-4-2/h16,32,62-63,67-68H,3-15,17-31,33-61H2,1-2H3,(H,66,69)/b32-16-. The third kappa shape index (κ3) is 57.7. The molecular weight excluding hydrogens is 875 g/mol. The van der Waals surface area contributed by atoms with Crippen LogP contribution in [0.2, 0.25) is 0 Å². The summed E-state index contributed by atoms with van der Waals surface area (Å²) in [5.41, 5.74) is 0. The van der Waals surface area contributed by atoms with Crippen molar-refractivity contribution in [3.63, 3.8) is 0 Å². The van der Waals surface area contributed by atoms with Crippen LogP contribution in [0.1, 0.15) is 367 Å². The van der Waals surface area contributed by atoms with Crippen LogP contribution in [0.5, 0.6) is 0 Å². The maximum absolute atomic E-state index is 12.4. The lowest BCUT2D eigenvalue weighted by molar-refractivity contribution is -0.143. The molecule has 0 aliphatic rings. The summed E-state index contributed by atoms with van der Waals surface area (Å²) < 4.78 is 5.49. The number of carbonyl (C=O) groups excluding carboxylic acids is 2. The Labute approximate surface area is 444 Å². The van der Waals surface area contributed by atoms with E-state index in [0.717, 1.165) is 44.9 Å². The Morgan fingerprint density at radius 1 is 0.380 bits per heavy atom. The van der Waals surface area contributed by atoms with Crippen LogP contribution in [0, 0.1) is 0 Å². The molecule has 2 unspecified atom stereocenters. The zero-order chi connectivity index (χ0) is 51.4. The zero-order valence-electron chi connectivity index (χ0n) is 48.2. The molecule has 71 heavy (non-hydrogen) atoms. The highest BCUT2D eigenvalue weighted by Crippen LogP contribution is 2.18. The van der Waals surface area contributed by atoms with Crippen molar-refractivity contribution in [2.75, 3.05) is 13.2 Å². The van der Waals surface area contributed by atoms with Gasteiger partial charge < -0.3 is 20.3 Å². The second kappa shape index (κ2) is 61.1. The smallest absolute Gasteiger partial charge is 0.305 e. The molecule has 0 heterocycles. The van der Waals surface area contributed by atoms with Crippen molar-refractivity contribution in [1.82, 2.24) is 5.32 Å². The van der Waals surface area contributed by atoms with Gasteiger partial charge in [0.1, 0.15) is 0 Å². The first-order chi connectivity index (χ1) is 35.0. The summed E-state index contributed by atoms with van der Waals surface area (Å²) in [5.74, 6) is -0.0193. The molecule has 0 fully saturated rings. The average molecular weight is 1000 g/mol. The van der Waals surface area contributed by atoms with Crippen LogP contribution in [-0.4, -0.2) is 47.4 Å². The largest absolute Gasteiger partial charge is 0.466 e. The summed E-state index contributed by atoms with van der Waals surface area (Å²) in [7, 11) is 0. The molecule has 0 spiro atoms. The minimum Gasteiger partial charge on any atom is -0.466 e. The van der Waals surface area contributed by atoms with Crippen molar-refractivity contribution in [2.45, 2.75) is 379 Å². The highest BCUT2D eigenvalue weighted by molar-refractivity contribution is 5.76. The zero-order valence-corrected chi connectivity index (χ0v) is 48.2. The molecule has 6 nitrogen and oxygen atoms in total. The predicted molar refractivity (Wildman–Crippen MR) is 310 cm³/mol. The fraction of sp³-hybridized carbons (Fsp3) is 0.938. The van der Waals surface area contributed by atoms with Crippen molar-refractivity contribution in [2.24, 2.45) is 0 Å². The summed E-state index contributed by atoms with van der Waals surface area (Å²) in [6.07, 6.45) is 73.9. The molecule has 0 saturated heterocycles. The van der Waals surface area contributed by atoms with Crippen molar-refractivity contribution in [3.8, 4) is 0 Å². The summed E-state index contributed by atoms with van der Waals surface area (Å²) >= 11 is 0. The van der Waals surface area contributed by atoms with E-state index in [0.29, 0.717) is 25.9 Å². The highest BCUT2D eigenvalue weighted by atomic mass is 16.5. The quantitative estimate of drug-likeness (QED) is 0.0320. The second-order valence-corrected chi connectivity index (χ2v) is 22.5. The molecule has 0 aromatic heterocycles. The molecule has 0 bridgehead atoms. The first kappa shape index (κ1) is 69.6. The third-order valence-corrected chi connectivity index (χ3v) is 15.3. The number of aliphatic hydroxyl groups is 2. The predicted octanol–water partition coefficient (Wildman–Crippen LogP) is 20.4. The molecule has 3 N–H and O–H groups in total. The van der Waals surface area contributed by atoms with Crippen LogP contribution >= 0.6 is 0 Å². The third-order valence-electron chi connectivity index (χ3n) is 15.3. The first-order valence-corrected chi connectivity index (χ1v) is 32.4. The summed E-state index contributed by atoms with van der Waals surface area (Å²) in [6, 6.07) is -0.536. The molecule has 6 heteroatoms. The molecule has 1 amide bonds. The number of carbonyl (C=O) groups is 2. The van der Waals surface area contributed by atoms with E-state index >= 15 is 0 Å². The molecule has 0 aliphatic heterocycles. The van der Waals surface area contributed by atoms with Crippen LogP contribution in [0.4, 0.5) is 0 Å². The van der Waals surface area contributed by atoms with Gasteiger partial charge in [-0.2, -0.15) is 0 Å². The number of rotatable bonds is 61. The molecule has 0 aromatic carbocycles. The Balaban J connectivity index is 3.30. The van der Waals surface area contributed by atoms with E-state index in [1.165, 1.54) is 289 Å². The van der Waals surface area contributed by atoms with Crippen LogP contribution in [0.15, 0.2) is 12.2 Å². The summed E-state index contributed by atoms with van der Waals surface area (Å²) in [5, 5.41) is 23.2. The van der Waals surface area contributed by atoms with Gasteiger partial charge in [-0.05, 0) is 51.4 Å². The van der Waals surface area contributed by atoms with Crippen LogP contribution in [-0.2, 0) is 14.3 Å². The van der Waals surface area contributed by atoms with Gasteiger partial charge >= 0.3 is 5.97 Å². The SMILES string of the molecule is CCCCCCCC/C=C\CCCCCCCC(=O)OCCCCCCCCCCCCCCCCCCCCCCCCCCCCCCCC(=O)NC(CO)C(O)CCCCCCCCCCCC. The number of hydrogen-bond donors (Lipinski definition) is 3. The Hall–Kier alpha value is -1.40. The molecule has 0 aliphatic carbocycles. The van der Waals surface area contributed by atoms with Gasteiger partial charge in [0, 0.05) is 12.8 Å². The van der Waals surface area contributed by atoms with Gasteiger partial charge in [0.15, 0.2) is 0 Å². The number of allylic oxidation sites excluding steroid dienone is 2. The van der Waals surface area contributed by atoms with E-state index in [1.54, 1.807) is 0 Å². The minimum atomic E-state index is -0.659. The molecule has 0 radical (unpaired) electrons. The maximum atomic E-state index is 12.4. The van der Waals surface area contributed by atoms with Crippen LogP contribution in [0.3, 0.4) is 0 Å². The van der Waals surface area contributed by atoms with E-state index in [1.807, 2.05) is 0 Å². The highest BCUT2D eigenvalue weighted by Gasteiger charge is 2.20. The van der Waals surface area contributed by atoms with E-state index in [2.05, 4.69) is 31.3 Å². The Kier molecular flexibility index (Phi) is 59.9. The number of nitrogens with one attached hydrogen (secondary N) is 1. The van der Waals surface area contributed by atoms with Crippen LogP contribution in [0.25, 0.3) is 0 Å². The fourth-order valence-electron chi connectivity index (χ4n) is 10.3. The molecule has 2 atom stereocenters. The van der Waals surface area contributed by atoms with Crippen molar-refractivity contribution < 1.29 is 24.5 Å². The Morgan fingerprint density at radius 2 is 0.662 bits per heavy atom. The van der Waals surface area contributed by atoms with E-state index in [9.17, 15) is 19.8 Å². The number of esters is 1. The van der Waals surface area contributed by atoms with Gasteiger partial charge in [0.05, 0.1) is 25.4 Å². The lowest BCUT2D eigenvalue weighted by Gasteiger charge is -2.22. The van der Waals surface area contributed by atoms with Crippen molar-refractivity contribution in [1.29, 1.82) is 0 Å². The first-order valence-electron chi connectivity index (χ1n) is 32.4. The van der Waals surface area contributed by atoms with E-state index in [-0.39, 0.29) is 18.5 Å².